The van der Waals surface area contributed by atoms with E-state index < -0.39 is 0 Å². The number of benzene rings is 1. The lowest BCUT2D eigenvalue weighted by Crippen LogP contribution is -1.89. The van der Waals surface area contributed by atoms with E-state index in [1.165, 1.54) is 0 Å². The molecule has 2 aromatic rings. The molecule has 2 rings (SSSR count). The van der Waals surface area contributed by atoms with Crippen LogP contribution in [0.2, 0.25) is 0 Å². The Morgan fingerprint density at radius 2 is 2.11 bits per heavy atom. The van der Waals surface area contributed by atoms with Gasteiger partial charge in [-0.3, -0.25) is 0 Å². The normalized spacial score (nSPS) is 10.6. The van der Waals surface area contributed by atoms with E-state index >= 15 is 0 Å². The second kappa shape index (κ2) is 5.71. The van der Waals surface area contributed by atoms with Gasteiger partial charge in [0.05, 0.1) is 12.8 Å². The van der Waals surface area contributed by atoms with Gasteiger partial charge in [0.15, 0.2) is 0 Å². The zero-order valence-electron chi connectivity index (χ0n) is 11.2. The summed E-state index contributed by atoms with van der Waals surface area (Å²) in [7, 11) is 1.66. The highest BCUT2D eigenvalue weighted by Gasteiger charge is 2.12. The predicted molar refractivity (Wildman–Crippen MR) is 71.9 cm³/mol. The van der Waals surface area contributed by atoms with Gasteiger partial charge < -0.3 is 9.15 Å². The predicted octanol–water partition coefficient (Wildman–Crippen LogP) is 3.87. The average molecular weight is 245 g/mol. The molecule has 96 valence electrons. The van der Waals surface area contributed by atoms with Gasteiger partial charge in [-0.05, 0) is 24.6 Å². The van der Waals surface area contributed by atoms with E-state index in [-0.39, 0.29) is 0 Å². The Bertz CT molecular complexity index is 517. The fourth-order valence-electron chi connectivity index (χ4n) is 1.97. The summed E-state index contributed by atoms with van der Waals surface area (Å²) in [5.41, 5.74) is 2.05. The molecule has 18 heavy (non-hydrogen) atoms. The Labute approximate surface area is 108 Å². The van der Waals surface area contributed by atoms with Crippen molar-refractivity contribution in [2.24, 2.45) is 0 Å². The maximum Gasteiger partial charge on any atom is 0.226 e. The van der Waals surface area contributed by atoms with Crippen molar-refractivity contribution < 1.29 is 9.15 Å². The van der Waals surface area contributed by atoms with E-state index in [0.717, 1.165) is 42.0 Å². The Hall–Kier alpha value is -1.77. The van der Waals surface area contributed by atoms with Gasteiger partial charge in [0.1, 0.15) is 11.5 Å². The Morgan fingerprint density at radius 1 is 1.28 bits per heavy atom. The molecule has 0 spiro atoms. The molecule has 0 saturated carbocycles. The van der Waals surface area contributed by atoms with Crippen LogP contribution >= 0.6 is 0 Å². The van der Waals surface area contributed by atoms with Gasteiger partial charge in [-0.2, -0.15) is 0 Å². The maximum atomic E-state index is 5.84. The summed E-state index contributed by atoms with van der Waals surface area (Å²) in [6.07, 6.45) is 2.93. The van der Waals surface area contributed by atoms with E-state index in [4.69, 9.17) is 9.15 Å². The standard InChI is InChI=1S/C15H19NO2/c1-4-7-13-14(5-2)18-15(16-13)11-8-6-9-12(10-11)17-3/h6,8-10H,4-5,7H2,1-3H3. The van der Waals surface area contributed by atoms with Crippen LogP contribution < -0.4 is 4.74 Å². The van der Waals surface area contributed by atoms with E-state index in [1.807, 2.05) is 24.3 Å². The van der Waals surface area contributed by atoms with Crippen molar-refractivity contribution in [3.05, 3.63) is 35.7 Å². The third-order valence-corrected chi connectivity index (χ3v) is 2.90. The zero-order chi connectivity index (χ0) is 13.0. The fraction of sp³-hybridized carbons (Fsp3) is 0.400. The van der Waals surface area contributed by atoms with Gasteiger partial charge in [-0.25, -0.2) is 4.98 Å². The highest BCUT2D eigenvalue weighted by atomic mass is 16.5. The quantitative estimate of drug-likeness (QED) is 0.802. The van der Waals surface area contributed by atoms with Crippen molar-refractivity contribution in [3.8, 4) is 17.2 Å². The number of hydrogen-bond donors (Lipinski definition) is 0. The number of hydrogen-bond acceptors (Lipinski definition) is 3. The van der Waals surface area contributed by atoms with Crippen LogP contribution in [0.3, 0.4) is 0 Å². The summed E-state index contributed by atoms with van der Waals surface area (Å²) in [5, 5.41) is 0. The van der Waals surface area contributed by atoms with Crippen molar-refractivity contribution in [3.63, 3.8) is 0 Å². The molecule has 1 aromatic carbocycles. The molecule has 0 amide bonds. The number of aromatic nitrogens is 1. The molecule has 1 heterocycles. The van der Waals surface area contributed by atoms with Gasteiger partial charge in [0.2, 0.25) is 5.89 Å². The van der Waals surface area contributed by atoms with Crippen LogP contribution in [0.1, 0.15) is 31.7 Å². The molecule has 0 fully saturated rings. The minimum Gasteiger partial charge on any atom is -0.497 e. The second-order valence-electron chi connectivity index (χ2n) is 4.22. The molecular weight excluding hydrogens is 226 g/mol. The zero-order valence-corrected chi connectivity index (χ0v) is 11.2. The molecule has 0 aliphatic carbocycles. The van der Waals surface area contributed by atoms with Crippen molar-refractivity contribution in [2.75, 3.05) is 7.11 Å². The summed E-state index contributed by atoms with van der Waals surface area (Å²) in [5.74, 6) is 2.50. The van der Waals surface area contributed by atoms with E-state index in [1.54, 1.807) is 7.11 Å². The molecule has 0 atom stereocenters. The molecule has 0 aliphatic heterocycles. The summed E-state index contributed by atoms with van der Waals surface area (Å²) in [6, 6.07) is 7.80. The summed E-state index contributed by atoms with van der Waals surface area (Å²) in [4.78, 5) is 4.59. The molecular formula is C15H19NO2. The third kappa shape index (κ3) is 2.55. The number of aryl methyl sites for hydroxylation is 2. The average Bonchev–Trinajstić information content (AvgIpc) is 2.82. The largest absolute Gasteiger partial charge is 0.497 e. The Balaban J connectivity index is 2.37. The van der Waals surface area contributed by atoms with Gasteiger partial charge in [-0.15, -0.1) is 0 Å². The number of nitrogens with zero attached hydrogens (tertiary/aromatic N) is 1. The molecule has 1 aromatic heterocycles. The first-order chi connectivity index (χ1) is 8.78. The minimum absolute atomic E-state index is 0.689. The smallest absolute Gasteiger partial charge is 0.226 e. The summed E-state index contributed by atoms with van der Waals surface area (Å²) in [6.45, 7) is 4.24. The molecule has 3 heteroatoms. The van der Waals surface area contributed by atoms with Crippen LogP contribution in [-0.4, -0.2) is 12.1 Å². The SMILES string of the molecule is CCCc1nc(-c2cccc(OC)c2)oc1CC. The minimum atomic E-state index is 0.689. The van der Waals surface area contributed by atoms with Gasteiger partial charge in [0, 0.05) is 12.0 Å². The third-order valence-electron chi connectivity index (χ3n) is 2.90. The Morgan fingerprint density at radius 3 is 2.78 bits per heavy atom. The molecule has 0 aliphatic rings. The van der Waals surface area contributed by atoms with Crippen LogP contribution in [0.15, 0.2) is 28.7 Å². The van der Waals surface area contributed by atoms with Gasteiger partial charge in [-0.1, -0.05) is 26.3 Å². The highest BCUT2D eigenvalue weighted by molar-refractivity contribution is 5.56. The molecule has 0 unspecified atom stereocenters. The second-order valence-corrected chi connectivity index (χ2v) is 4.22. The van der Waals surface area contributed by atoms with E-state index in [9.17, 15) is 0 Å². The molecule has 0 saturated heterocycles. The summed E-state index contributed by atoms with van der Waals surface area (Å²) < 4.78 is 11.1. The lowest BCUT2D eigenvalue weighted by Gasteiger charge is -2.00. The molecule has 0 N–H and O–H groups in total. The Kier molecular flexibility index (Phi) is 4.03. The first-order valence-electron chi connectivity index (χ1n) is 6.41. The topological polar surface area (TPSA) is 35.3 Å². The van der Waals surface area contributed by atoms with Crippen LogP contribution in [-0.2, 0) is 12.8 Å². The fourth-order valence-corrected chi connectivity index (χ4v) is 1.97. The van der Waals surface area contributed by atoms with Crippen molar-refractivity contribution in [1.82, 2.24) is 4.98 Å². The molecule has 0 radical (unpaired) electrons. The number of rotatable bonds is 5. The lowest BCUT2D eigenvalue weighted by atomic mass is 10.2. The number of methoxy groups -OCH3 is 1. The molecule has 3 nitrogen and oxygen atoms in total. The van der Waals surface area contributed by atoms with Gasteiger partial charge in [0.25, 0.3) is 0 Å². The van der Waals surface area contributed by atoms with Crippen molar-refractivity contribution in [1.29, 1.82) is 0 Å². The van der Waals surface area contributed by atoms with Crippen LogP contribution in [0, 0.1) is 0 Å². The van der Waals surface area contributed by atoms with Crippen molar-refractivity contribution >= 4 is 0 Å². The molecule has 0 bridgehead atoms. The monoisotopic (exact) mass is 245 g/mol. The first kappa shape index (κ1) is 12.7. The van der Waals surface area contributed by atoms with Crippen LogP contribution in [0.25, 0.3) is 11.5 Å². The highest BCUT2D eigenvalue weighted by Crippen LogP contribution is 2.26. The number of oxazole rings is 1. The summed E-state index contributed by atoms with van der Waals surface area (Å²) >= 11 is 0. The van der Waals surface area contributed by atoms with Crippen LogP contribution in [0.4, 0.5) is 0 Å². The van der Waals surface area contributed by atoms with Gasteiger partial charge >= 0.3 is 0 Å². The lowest BCUT2D eigenvalue weighted by molar-refractivity contribution is 0.414. The van der Waals surface area contributed by atoms with Crippen LogP contribution in [0.5, 0.6) is 5.75 Å². The number of ether oxygens (including phenoxy) is 1. The first-order valence-corrected chi connectivity index (χ1v) is 6.41. The van der Waals surface area contributed by atoms with E-state index in [0.29, 0.717) is 5.89 Å². The van der Waals surface area contributed by atoms with E-state index in [2.05, 4.69) is 18.8 Å². The van der Waals surface area contributed by atoms with Crippen molar-refractivity contribution in [2.45, 2.75) is 33.1 Å². The maximum absolute atomic E-state index is 5.84.